The van der Waals surface area contributed by atoms with Gasteiger partial charge >= 0.3 is 6.18 Å². The normalized spacial score (nSPS) is 11.8. The van der Waals surface area contributed by atoms with Crippen molar-refractivity contribution in [1.82, 2.24) is 9.97 Å². The Morgan fingerprint density at radius 3 is 2.43 bits per heavy atom. The van der Waals surface area contributed by atoms with Gasteiger partial charge in [0.25, 0.3) is 0 Å². The lowest BCUT2D eigenvalue weighted by molar-refractivity contribution is -0.119. The summed E-state index contributed by atoms with van der Waals surface area (Å²) in [5.74, 6) is 0.764. The summed E-state index contributed by atoms with van der Waals surface area (Å²) in [6.45, 7) is 0.558. The van der Waals surface area contributed by atoms with Crippen LogP contribution in [-0.4, -0.2) is 29.7 Å². The van der Waals surface area contributed by atoms with E-state index in [-0.39, 0.29) is 11.6 Å². The number of aromatic amines is 1. The molecule has 0 fully saturated rings. The summed E-state index contributed by atoms with van der Waals surface area (Å²) in [6, 6.07) is 0. The zero-order valence-corrected chi connectivity index (χ0v) is 7.81. The molecule has 3 N–H and O–H groups in total. The quantitative estimate of drug-likeness (QED) is 0.770. The van der Waals surface area contributed by atoms with E-state index in [0.717, 1.165) is 4.90 Å². The summed E-state index contributed by atoms with van der Waals surface area (Å²) in [5.41, 5.74) is 5.43. The van der Waals surface area contributed by atoms with Crippen molar-refractivity contribution in [2.75, 3.05) is 24.2 Å². The highest BCUT2D eigenvalue weighted by molar-refractivity contribution is 5.58. The van der Waals surface area contributed by atoms with Gasteiger partial charge in [0.1, 0.15) is 18.2 Å². The van der Waals surface area contributed by atoms with Gasteiger partial charge in [0.05, 0.1) is 0 Å². The number of hydrogen-bond acceptors (Lipinski definition) is 3. The van der Waals surface area contributed by atoms with Crippen molar-refractivity contribution in [3.8, 4) is 0 Å². The Kier molecular flexibility index (Phi) is 2.59. The van der Waals surface area contributed by atoms with Crippen LogP contribution in [0.15, 0.2) is 0 Å². The van der Waals surface area contributed by atoms with Gasteiger partial charge in [-0.1, -0.05) is 0 Å². The van der Waals surface area contributed by atoms with Gasteiger partial charge in [-0.05, 0) is 6.92 Å². The number of halogens is 3. The Hall–Kier alpha value is -1.40. The number of nitrogens with zero attached hydrogens (tertiary/aromatic N) is 2. The molecule has 0 aliphatic rings. The Bertz CT molecular complexity index is 317. The van der Waals surface area contributed by atoms with E-state index < -0.39 is 12.7 Å². The number of aryl methyl sites for hydroxylation is 1. The minimum absolute atomic E-state index is 0.125. The summed E-state index contributed by atoms with van der Waals surface area (Å²) in [6.07, 6.45) is -4.26. The van der Waals surface area contributed by atoms with Crippen LogP contribution in [0.4, 0.5) is 24.8 Å². The van der Waals surface area contributed by atoms with Gasteiger partial charge in [-0.25, -0.2) is 4.98 Å². The summed E-state index contributed by atoms with van der Waals surface area (Å²) in [4.78, 5) is 7.43. The molecule has 1 aromatic heterocycles. The van der Waals surface area contributed by atoms with Gasteiger partial charge in [0.2, 0.25) is 0 Å². The van der Waals surface area contributed by atoms with Crippen LogP contribution in [0.1, 0.15) is 5.82 Å². The fourth-order valence-electron chi connectivity index (χ4n) is 1.13. The van der Waals surface area contributed by atoms with Crippen molar-refractivity contribution < 1.29 is 13.2 Å². The van der Waals surface area contributed by atoms with Crippen molar-refractivity contribution in [3.63, 3.8) is 0 Å². The predicted octanol–water partition coefficient (Wildman–Crippen LogP) is 1.30. The second-order valence-electron chi connectivity index (χ2n) is 3.03. The van der Waals surface area contributed by atoms with E-state index in [1.165, 1.54) is 7.05 Å². The first-order valence-electron chi connectivity index (χ1n) is 3.89. The lowest BCUT2D eigenvalue weighted by Crippen LogP contribution is -2.31. The minimum atomic E-state index is -4.26. The summed E-state index contributed by atoms with van der Waals surface area (Å²) < 4.78 is 36.0. The van der Waals surface area contributed by atoms with E-state index in [1.54, 1.807) is 6.92 Å². The monoisotopic (exact) mass is 208 g/mol. The molecule has 1 heterocycles. The van der Waals surface area contributed by atoms with Gasteiger partial charge in [-0.15, -0.1) is 0 Å². The lowest BCUT2D eigenvalue weighted by atomic mass is 10.5. The summed E-state index contributed by atoms with van der Waals surface area (Å²) in [5, 5.41) is 0. The molecule has 1 rings (SSSR count). The van der Waals surface area contributed by atoms with E-state index in [1.807, 2.05) is 0 Å². The molecule has 0 spiro atoms. The first-order valence-corrected chi connectivity index (χ1v) is 3.89. The van der Waals surface area contributed by atoms with Crippen LogP contribution in [0.5, 0.6) is 0 Å². The minimum Gasteiger partial charge on any atom is -0.382 e. The molecule has 14 heavy (non-hydrogen) atoms. The molecule has 0 saturated heterocycles. The number of aromatic nitrogens is 2. The molecular weight excluding hydrogens is 197 g/mol. The zero-order chi connectivity index (χ0) is 10.9. The molecule has 0 bridgehead atoms. The van der Waals surface area contributed by atoms with Gasteiger partial charge in [-0.3, -0.25) is 0 Å². The molecule has 80 valence electrons. The van der Waals surface area contributed by atoms with Crippen LogP contribution in [0.3, 0.4) is 0 Å². The molecular formula is C7H11F3N4. The molecule has 0 radical (unpaired) electrons. The zero-order valence-electron chi connectivity index (χ0n) is 7.81. The Morgan fingerprint density at radius 1 is 1.50 bits per heavy atom. The maximum absolute atomic E-state index is 12.0. The molecule has 0 atom stereocenters. The number of nitrogens with two attached hydrogens (primary N) is 1. The number of nitrogens with one attached hydrogen (secondary N) is 1. The molecule has 0 unspecified atom stereocenters. The van der Waals surface area contributed by atoms with E-state index in [4.69, 9.17) is 5.73 Å². The predicted molar refractivity (Wildman–Crippen MR) is 47.1 cm³/mol. The first kappa shape index (κ1) is 10.7. The Balaban J connectivity index is 2.79. The van der Waals surface area contributed by atoms with Crippen molar-refractivity contribution in [2.45, 2.75) is 13.1 Å². The summed E-state index contributed by atoms with van der Waals surface area (Å²) >= 11 is 0. The number of H-pyrrole nitrogens is 1. The van der Waals surface area contributed by atoms with E-state index >= 15 is 0 Å². The largest absolute Gasteiger partial charge is 0.405 e. The highest BCUT2D eigenvalue weighted by Gasteiger charge is 2.30. The lowest BCUT2D eigenvalue weighted by Gasteiger charge is -2.18. The van der Waals surface area contributed by atoms with E-state index in [0.29, 0.717) is 5.82 Å². The van der Waals surface area contributed by atoms with Crippen molar-refractivity contribution >= 4 is 11.6 Å². The maximum atomic E-state index is 12.0. The second-order valence-corrected chi connectivity index (χ2v) is 3.03. The van der Waals surface area contributed by atoms with Gasteiger partial charge in [-0.2, -0.15) is 13.2 Å². The van der Waals surface area contributed by atoms with Crippen LogP contribution in [0.25, 0.3) is 0 Å². The van der Waals surface area contributed by atoms with Crippen LogP contribution < -0.4 is 10.6 Å². The Morgan fingerprint density at radius 2 is 2.07 bits per heavy atom. The fourth-order valence-corrected chi connectivity index (χ4v) is 1.13. The number of alkyl halides is 3. The third-order valence-electron chi connectivity index (χ3n) is 1.61. The SMILES string of the molecule is Cc1nc(N(C)CC(F)(F)F)c(N)[nH]1. The Labute approximate surface area is 78.9 Å². The summed E-state index contributed by atoms with van der Waals surface area (Å²) in [7, 11) is 1.29. The average molecular weight is 208 g/mol. The van der Waals surface area contributed by atoms with Crippen molar-refractivity contribution in [1.29, 1.82) is 0 Å². The van der Waals surface area contributed by atoms with Gasteiger partial charge in [0, 0.05) is 7.05 Å². The molecule has 0 aliphatic carbocycles. The fraction of sp³-hybridized carbons (Fsp3) is 0.571. The smallest absolute Gasteiger partial charge is 0.382 e. The number of anilines is 2. The number of rotatable bonds is 2. The van der Waals surface area contributed by atoms with E-state index in [2.05, 4.69) is 9.97 Å². The van der Waals surface area contributed by atoms with Crippen LogP contribution in [-0.2, 0) is 0 Å². The topological polar surface area (TPSA) is 57.9 Å². The van der Waals surface area contributed by atoms with Crippen LogP contribution >= 0.6 is 0 Å². The number of imidazole rings is 1. The average Bonchev–Trinajstić information content (AvgIpc) is 2.26. The van der Waals surface area contributed by atoms with Gasteiger partial charge < -0.3 is 15.6 Å². The number of hydrogen-bond donors (Lipinski definition) is 2. The molecule has 1 aromatic rings. The van der Waals surface area contributed by atoms with Crippen molar-refractivity contribution in [2.24, 2.45) is 0 Å². The molecule has 4 nitrogen and oxygen atoms in total. The maximum Gasteiger partial charge on any atom is 0.405 e. The number of nitrogen functional groups attached to an aromatic ring is 1. The molecule has 0 aliphatic heterocycles. The molecule has 7 heteroatoms. The highest BCUT2D eigenvalue weighted by Crippen LogP contribution is 2.23. The van der Waals surface area contributed by atoms with Crippen molar-refractivity contribution in [3.05, 3.63) is 5.82 Å². The molecule has 0 aromatic carbocycles. The third-order valence-corrected chi connectivity index (χ3v) is 1.61. The van der Waals surface area contributed by atoms with E-state index in [9.17, 15) is 13.2 Å². The molecule has 0 amide bonds. The van der Waals surface area contributed by atoms with Crippen LogP contribution in [0.2, 0.25) is 0 Å². The molecule has 0 saturated carbocycles. The highest BCUT2D eigenvalue weighted by atomic mass is 19.4. The standard InChI is InChI=1S/C7H11F3N4/c1-4-12-5(11)6(13-4)14(2)3-7(8,9)10/h3,11H2,1-2H3,(H,12,13). The third kappa shape index (κ3) is 2.54. The second kappa shape index (κ2) is 3.39. The van der Waals surface area contributed by atoms with Crippen LogP contribution in [0, 0.1) is 6.92 Å². The first-order chi connectivity index (χ1) is 6.29. The van der Waals surface area contributed by atoms with Gasteiger partial charge in [0.15, 0.2) is 5.82 Å².